The van der Waals surface area contributed by atoms with Gasteiger partial charge in [0.2, 0.25) is 0 Å². The van der Waals surface area contributed by atoms with E-state index in [9.17, 15) is 17.2 Å². The zero-order valence-electron chi connectivity index (χ0n) is 16.5. The molecule has 29 heavy (non-hydrogen) atoms. The van der Waals surface area contributed by atoms with E-state index in [-0.39, 0.29) is 5.01 Å². The number of hydrogen-bond donors (Lipinski definition) is 1. The fourth-order valence-corrected chi connectivity index (χ4v) is 5.96. The molecule has 2 aromatic rings. The number of benzene rings is 1. The average molecular weight is 509 g/mol. The van der Waals surface area contributed by atoms with Crippen molar-refractivity contribution in [3.8, 4) is 0 Å². The first-order valence-electron chi connectivity index (χ1n) is 9.89. The number of hydrogen-bond acceptors (Lipinski definition) is 5. The topological polar surface area (TPSA) is 59.1 Å². The molecule has 9 heteroatoms. The Morgan fingerprint density at radius 3 is 2.34 bits per heavy atom. The maximum Gasteiger partial charge on any atom is 0.196 e. The summed E-state index contributed by atoms with van der Waals surface area (Å²) in [6.07, 6.45) is 10.6. The number of nitrogens with zero attached hydrogens (tertiary/aromatic N) is 1. The van der Waals surface area contributed by atoms with Crippen LogP contribution in [0.2, 0.25) is 0 Å². The van der Waals surface area contributed by atoms with E-state index in [1.807, 2.05) is 0 Å². The molecule has 4 nitrogen and oxygen atoms in total. The van der Waals surface area contributed by atoms with Gasteiger partial charge in [0.1, 0.15) is 21.5 Å². The highest BCUT2D eigenvalue weighted by atomic mass is 79.9. The van der Waals surface area contributed by atoms with Crippen molar-refractivity contribution in [1.82, 2.24) is 4.98 Å². The van der Waals surface area contributed by atoms with Gasteiger partial charge in [-0.05, 0) is 34.5 Å². The number of nitrogens with one attached hydrogen (secondary N) is 1. The van der Waals surface area contributed by atoms with E-state index >= 15 is 0 Å². The van der Waals surface area contributed by atoms with E-state index < -0.39 is 31.4 Å². The Morgan fingerprint density at radius 2 is 1.72 bits per heavy atom. The summed E-state index contributed by atoms with van der Waals surface area (Å²) < 4.78 is 53.0. The van der Waals surface area contributed by atoms with Gasteiger partial charge in [-0.25, -0.2) is 17.8 Å². The summed E-state index contributed by atoms with van der Waals surface area (Å²) in [5.41, 5.74) is 0.518. The number of halogens is 3. The first-order valence-corrected chi connectivity index (χ1v) is 13.2. The van der Waals surface area contributed by atoms with Crippen molar-refractivity contribution in [3.63, 3.8) is 0 Å². The molecule has 0 fully saturated rings. The van der Waals surface area contributed by atoms with Crippen molar-refractivity contribution < 1.29 is 17.2 Å². The van der Waals surface area contributed by atoms with Crippen LogP contribution in [0.15, 0.2) is 27.7 Å². The van der Waals surface area contributed by atoms with E-state index in [1.54, 1.807) is 0 Å². The summed E-state index contributed by atoms with van der Waals surface area (Å²) in [6, 6.07) is 2.44. The van der Waals surface area contributed by atoms with E-state index in [2.05, 4.69) is 33.2 Å². The fourth-order valence-electron chi connectivity index (χ4n) is 2.98. The first-order chi connectivity index (χ1) is 13.8. The van der Waals surface area contributed by atoms with Gasteiger partial charge >= 0.3 is 0 Å². The maximum atomic E-state index is 14.5. The van der Waals surface area contributed by atoms with Crippen molar-refractivity contribution in [2.45, 2.75) is 68.9 Å². The molecule has 2 rings (SSSR count). The van der Waals surface area contributed by atoms with Crippen LogP contribution in [0.3, 0.4) is 0 Å². The molecule has 0 atom stereocenters. The van der Waals surface area contributed by atoms with Gasteiger partial charge in [0.15, 0.2) is 15.0 Å². The Bertz CT molecular complexity index is 889. The Balaban J connectivity index is 1.87. The summed E-state index contributed by atoms with van der Waals surface area (Å²) in [4.78, 5) is 3.28. The van der Waals surface area contributed by atoms with Gasteiger partial charge in [-0.3, -0.25) is 0 Å². The number of anilines is 1. The highest BCUT2D eigenvalue weighted by Crippen LogP contribution is 2.30. The van der Waals surface area contributed by atoms with Crippen LogP contribution in [0.25, 0.3) is 0 Å². The summed E-state index contributed by atoms with van der Waals surface area (Å²) >= 11 is 3.96. The smallest absolute Gasteiger partial charge is 0.196 e. The van der Waals surface area contributed by atoms with Gasteiger partial charge in [0, 0.05) is 11.0 Å². The van der Waals surface area contributed by atoms with Crippen LogP contribution in [-0.2, 0) is 15.6 Å². The largest absolute Gasteiger partial charge is 0.384 e. The first kappa shape index (κ1) is 24.2. The molecule has 1 aromatic heterocycles. The van der Waals surface area contributed by atoms with Crippen LogP contribution < -0.4 is 5.32 Å². The number of aromatic nitrogens is 1. The number of thiazole rings is 1. The molecule has 0 aliphatic heterocycles. The minimum atomic E-state index is -3.96. The standard InChI is InChI=1S/C20H27BrF2N2O2S2/c1-2-3-4-5-6-7-8-9-10-24-17-12-16(22)18(11-15(17)21)29(26,27)14-20-25-13-19(23)28-20/h11-13,24H,2-10,14H2,1H3. The molecule has 162 valence electrons. The Morgan fingerprint density at radius 1 is 1.07 bits per heavy atom. The van der Waals surface area contributed by atoms with Crippen LogP contribution in [-0.4, -0.2) is 19.9 Å². The van der Waals surface area contributed by atoms with Crippen molar-refractivity contribution in [1.29, 1.82) is 0 Å². The lowest BCUT2D eigenvalue weighted by molar-refractivity contribution is 0.566. The second-order valence-electron chi connectivity index (χ2n) is 6.98. The highest BCUT2D eigenvalue weighted by Gasteiger charge is 2.23. The van der Waals surface area contributed by atoms with Gasteiger partial charge in [-0.2, -0.15) is 4.39 Å². The molecule has 0 radical (unpaired) electrons. The lowest BCUT2D eigenvalue weighted by atomic mass is 10.1. The molecular formula is C20H27BrF2N2O2S2. The van der Waals surface area contributed by atoms with Crippen molar-refractivity contribution in [2.24, 2.45) is 0 Å². The molecule has 1 N–H and O–H groups in total. The molecule has 0 saturated heterocycles. The second-order valence-corrected chi connectivity index (χ2v) is 10.9. The Labute approximate surface area is 184 Å². The number of unbranched alkanes of at least 4 members (excludes halogenated alkanes) is 7. The highest BCUT2D eigenvalue weighted by molar-refractivity contribution is 9.10. The van der Waals surface area contributed by atoms with E-state index in [0.29, 0.717) is 28.0 Å². The molecule has 0 spiro atoms. The van der Waals surface area contributed by atoms with Crippen molar-refractivity contribution in [2.75, 3.05) is 11.9 Å². The van der Waals surface area contributed by atoms with Gasteiger partial charge < -0.3 is 5.32 Å². The molecule has 0 amide bonds. The normalized spacial score (nSPS) is 11.7. The molecule has 0 aliphatic carbocycles. The summed E-state index contributed by atoms with van der Waals surface area (Å²) in [5.74, 6) is -1.36. The number of rotatable bonds is 13. The van der Waals surface area contributed by atoms with Gasteiger partial charge in [-0.1, -0.05) is 63.2 Å². The van der Waals surface area contributed by atoms with Crippen LogP contribution >= 0.6 is 27.3 Å². The molecule has 1 heterocycles. The summed E-state index contributed by atoms with van der Waals surface area (Å²) in [7, 11) is -3.96. The van der Waals surface area contributed by atoms with Crippen LogP contribution in [0, 0.1) is 10.9 Å². The zero-order chi connectivity index (χ0) is 21.3. The van der Waals surface area contributed by atoms with Gasteiger partial charge in [0.25, 0.3) is 0 Å². The second kappa shape index (κ2) is 12.0. The Hall–Kier alpha value is -1.06. The van der Waals surface area contributed by atoms with Crippen molar-refractivity contribution >= 4 is 42.8 Å². The average Bonchev–Trinajstić information content (AvgIpc) is 3.06. The number of sulfone groups is 1. The zero-order valence-corrected chi connectivity index (χ0v) is 19.7. The minimum absolute atomic E-state index is 0.0925. The Kier molecular flexibility index (Phi) is 9.98. The van der Waals surface area contributed by atoms with Gasteiger partial charge in [-0.15, -0.1) is 0 Å². The summed E-state index contributed by atoms with van der Waals surface area (Å²) in [5, 5.41) is 2.68. The van der Waals surface area contributed by atoms with Crippen molar-refractivity contribution in [3.05, 3.63) is 38.8 Å². The monoisotopic (exact) mass is 508 g/mol. The van der Waals surface area contributed by atoms with E-state index in [0.717, 1.165) is 19.0 Å². The molecule has 0 unspecified atom stereocenters. The minimum Gasteiger partial charge on any atom is -0.384 e. The summed E-state index contributed by atoms with van der Waals surface area (Å²) in [6.45, 7) is 2.90. The maximum absolute atomic E-state index is 14.5. The van der Waals surface area contributed by atoms with Crippen LogP contribution in [0.4, 0.5) is 14.5 Å². The fraction of sp³-hybridized carbons (Fsp3) is 0.550. The lowest BCUT2D eigenvalue weighted by Gasteiger charge is -2.12. The van der Waals surface area contributed by atoms with E-state index in [4.69, 9.17) is 0 Å². The molecule has 0 aliphatic rings. The quantitative estimate of drug-likeness (QED) is 0.305. The van der Waals surface area contributed by atoms with Crippen LogP contribution in [0.5, 0.6) is 0 Å². The third-order valence-corrected chi connectivity index (χ3v) is 7.80. The molecular weight excluding hydrogens is 482 g/mol. The van der Waals surface area contributed by atoms with E-state index in [1.165, 1.54) is 50.7 Å². The molecule has 1 aromatic carbocycles. The predicted molar refractivity (Wildman–Crippen MR) is 118 cm³/mol. The molecule has 0 saturated carbocycles. The third-order valence-electron chi connectivity index (χ3n) is 4.54. The van der Waals surface area contributed by atoms with Gasteiger partial charge in [0.05, 0.1) is 11.9 Å². The predicted octanol–water partition coefficient (Wildman–Crippen LogP) is 6.71. The lowest BCUT2D eigenvalue weighted by Crippen LogP contribution is -2.09. The molecule has 0 bridgehead atoms. The SMILES string of the molecule is CCCCCCCCCCNc1cc(F)c(S(=O)(=O)Cc2ncc(F)s2)cc1Br. The third kappa shape index (κ3) is 7.94. The van der Waals surface area contributed by atoms with Crippen LogP contribution in [0.1, 0.15) is 63.3 Å².